The molecule has 2 aromatic carbocycles. The second-order valence-corrected chi connectivity index (χ2v) is 9.77. The Labute approximate surface area is 235 Å². The average Bonchev–Trinajstić information content (AvgIpc) is 3.38. The molecule has 1 fully saturated rings. The number of aliphatic hydroxyl groups is 1. The molecule has 1 atom stereocenters. The minimum absolute atomic E-state index is 0.0204. The van der Waals surface area contributed by atoms with E-state index in [0.29, 0.717) is 21.9 Å². The fraction of sp³-hybridized carbons (Fsp3) is 0.321. The molecular weight excluding hydrogens is 568 g/mol. The van der Waals surface area contributed by atoms with Crippen LogP contribution in [-0.2, 0) is 6.18 Å². The van der Waals surface area contributed by atoms with Crippen LogP contribution in [-0.4, -0.2) is 75.3 Å². The molecule has 0 bridgehead atoms. The van der Waals surface area contributed by atoms with Crippen LogP contribution in [0.5, 0.6) is 5.75 Å². The Kier molecular flexibility index (Phi) is 7.86. The highest BCUT2D eigenvalue weighted by Crippen LogP contribution is 2.37. The molecule has 8 nitrogen and oxygen atoms in total. The summed E-state index contributed by atoms with van der Waals surface area (Å²) in [6, 6.07) is 6.43. The summed E-state index contributed by atoms with van der Waals surface area (Å²) in [6.45, 7) is 0.892. The molecule has 3 heterocycles. The van der Waals surface area contributed by atoms with E-state index < -0.39 is 47.9 Å². The summed E-state index contributed by atoms with van der Waals surface area (Å²) in [5.41, 5.74) is -1.64. The highest BCUT2D eigenvalue weighted by atomic mass is 19.4. The molecule has 1 aliphatic rings. The van der Waals surface area contributed by atoms with Crippen molar-refractivity contribution in [3.05, 3.63) is 82.4 Å². The van der Waals surface area contributed by atoms with Gasteiger partial charge in [-0.3, -0.25) is 9.69 Å². The molecule has 14 heteroatoms. The van der Waals surface area contributed by atoms with Gasteiger partial charge in [-0.1, -0.05) is 0 Å². The summed E-state index contributed by atoms with van der Waals surface area (Å²) in [4.78, 5) is 20.9. The van der Waals surface area contributed by atoms with Gasteiger partial charge in [0.15, 0.2) is 23.0 Å². The number of aliphatic hydroxyl groups excluding tert-OH is 1. The predicted octanol–water partition coefficient (Wildman–Crippen LogP) is 4.64. The summed E-state index contributed by atoms with van der Waals surface area (Å²) < 4.78 is 90.4. The van der Waals surface area contributed by atoms with Crippen molar-refractivity contribution >= 4 is 11.6 Å². The number of fused-ring (bicyclic) bond motifs is 1. The monoisotopic (exact) mass is 593 g/mol. The lowest BCUT2D eigenvalue weighted by molar-refractivity contribution is -0.143. The zero-order valence-electron chi connectivity index (χ0n) is 22.4. The summed E-state index contributed by atoms with van der Waals surface area (Å²) in [7, 11) is 1.46. The molecule has 4 aromatic rings. The lowest BCUT2D eigenvalue weighted by Crippen LogP contribution is -2.50. The minimum Gasteiger partial charge on any atom is -0.497 e. The Morgan fingerprint density at radius 2 is 1.74 bits per heavy atom. The molecule has 0 unspecified atom stereocenters. The van der Waals surface area contributed by atoms with E-state index in [-0.39, 0.29) is 54.2 Å². The van der Waals surface area contributed by atoms with Gasteiger partial charge in [0.2, 0.25) is 0 Å². The highest BCUT2D eigenvalue weighted by molar-refractivity contribution is 6.00. The van der Waals surface area contributed by atoms with Crippen molar-refractivity contribution in [3.63, 3.8) is 0 Å². The normalized spacial score (nSPS) is 15.3. The van der Waals surface area contributed by atoms with Crippen molar-refractivity contribution in [2.75, 3.05) is 39.9 Å². The van der Waals surface area contributed by atoms with E-state index in [9.17, 15) is 36.2 Å². The van der Waals surface area contributed by atoms with Crippen molar-refractivity contribution in [2.24, 2.45) is 0 Å². The molecule has 0 spiro atoms. The number of amides is 1. The number of carbonyl (C=O) groups is 1. The van der Waals surface area contributed by atoms with Crippen LogP contribution in [0.4, 0.5) is 26.3 Å². The number of methoxy groups -OCH3 is 1. The lowest BCUT2D eigenvalue weighted by atomic mass is 10.0. The second kappa shape index (κ2) is 11.2. The number of nitrogens with zero attached hydrogens (tertiary/aromatic N) is 5. The Bertz CT molecular complexity index is 1630. The molecule has 0 radical (unpaired) electrons. The average molecular weight is 594 g/mol. The van der Waals surface area contributed by atoms with Crippen LogP contribution in [0.3, 0.4) is 0 Å². The molecule has 1 saturated heterocycles. The van der Waals surface area contributed by atoms with Crippen LogP contribution in [0.2, 0.25) is 0 Å². The molecule has 0 saturated carbocycles. The lowest BCUT2D eigenvalue weighted by Gasteiger charge is -2.38. The molecule has 222 valence electrons. The van der Waals surface area contributed by atoms with Crippen molar-refractivity contribution in [1.29, 1.82) is 0 Å². The summed E-state index contributed by atoms with van der Waals surface area (Å²) in [5.74, 6) is -3.80. The highest BCUT2D eigenvalue weighted by Gasteiger charge is 2.39. The maximum atomic E-state index is 14.4. The summed E-state index contributed by atoms with van der Waals surface area (Å²) >= 11 is 0. The summed E-state index contributed by atoms with van der Waals surface area (Å²) in [6.07, 6.45) is -3.78. The van der Waals surface area contributed by atoms with Gasteiger partial charge in [-0.05, 0) is 37.3 Å². The van der Waals surface area contributed by atoms with Crippen molar-refractivity contribution in [1.82, 2.24) is 24.4 Å². The predicted molar refractivity (Wildman–Crippen MR) is 138 cm³/mol. The van der Waals surface area contributed by atoms with Gasteiger partial charge in [0.1, 0.15) is 17.1 Å². The maximum absolute atomic E-state index is 14.4. The number of piperazine rings is 1. The van der Waals surface area contributed by atoms with Gasteiger partial charge in [0, 0.05) is 48.9 Å². The van der Waals surface area contributed by atoms with Gasteiger partial charge in [-0.25, -0.2) is 22.7 Å². The third-order valence-corrected chi connectivity index (χ3v) is 7.34. The second-order valence-electron chi connectivity index (χ2n) is 9.77. The van der Waals surface area contributed by atoms with E-state index in [0.717, 1.165) is 12.3 Å². The van der Waals surface area contributed by atoms with Crippen molar-refractivity contribution < 1.29 is 41.0 Å². The van der Waals surface area contributed by atoms with Gasteiger partial charge < -0.3 is 14.7 Å². The zero-order chi connectivity index (χ0) is 30.3. The number of hydrogen-bond acceptors (Lipinski definition) is 6. The molecular formula is C28H25F6N5O3. The van der Waals surface area contributed by atoms with Gasteiger partial charge >= 0.3 is 6.18 Å². The zero-order valence-corrected chi connectivity index (χ0v) is 22.4. The third-order valence-electron chi connectivity index (χ3n) is 7.34. The molecule has 42 heavy (non-hydrogen) atoms. The van der Waals surface area contributed by atoms with E-state index in [2.05, 4.69) is 10.1 Å². The molecule has 1 aliphatic heterocycles. The van der Waals surface area contributed by atoms with Crippen molar-refractivity contribution in [2.45, 2.75) is 19.1 Å². The largest absolute Gasteiger partial charge is 0.497 e. The van der Waals surface area contributed by atoms with E-state index >= 15 is 0 Å². The molecule has 0 aliphatic carbocycles. The topological polar surface area (TPSA) is 83.2 Å². The van der Waals surface area contributed by atoms with E-state index in [1.807, 2.05) is 0 Å². The first-order chi connectivity index (χ1) is 19.9. The summed E-state index contributed by atoms with van der Waals surface area (Å²) in [5, 5.41) is 13.7. The number of carbonyl (C=O) groups excluding carboxylic acids is 1. The van der Waals surface area contributed by atoms with Crippen LogP contribution < -0.4 is 4.74 Å². The van der Waals surface area contributed by atoms with Crippen LogP contribution in [0.15, 0.2) is 42.6 Å². The first kappa shape index (κ1) is 29.3. The molecule has 1 amide bonds. The number of rotatable bonds is 6. The number of hydrogen-bond donors (Lipinski definition) is 1. The SMILES string of the molecule is COc1ccc(-c2nc3c(C(=O)N4CCN([C@@H](CO)c5cc(F)cc(F)c5F)CC4)cnn3c(C(F)(F)F)c2C)cc1. The Morgan fingerprint density at radius 1 is 1.07 bits per heavy atom. The Balaban J connectivity index is 1.45. The van der Waals surface area contributed by atoms with E-state index in [4.69, 9.17) is 4.74 Å². The van der Waals surface area contributed by atoms with Crippen molar-refractivity contribution in [3.8, 4) is 17.0 Å². The maximum Gasteiger partial charge on any atom is 0.433 e. The standard InChI is InChI=1S/C28H25F6N5O3/c1-15-24(16-3-5-18(42-2)6-4-16)36-26-20(13-35-39(26)25(15)28(32,33)34)27(41)38-9-7-37(8-10-38)22(14-40)19-11-17(29)12-21(30)23(19)31/h3-6,11-13,22,40H,7-10,14H2,1-2H3/t22-/m0/s1. The van der Waals surface area contributed by atoms with Crippen LogP contribution in [0.25, 0.3) is 16.9 Å². The number of benzene rings is 2. The first-order valence-corrected chi connectivity index (χ1v) is 12.8. The van der Waals surface area contributed by atoms with Gasteiger partial charge in [-0.15, -0.1) is 0 Å². The fourth-order valence-electron chi connectivity index (χ4n) is 5.22. The Hall–Kier alpha value is -4.17. The number of halogens is 6. The van der Waals surface area contributed by atoms with Crippen LogP contribution in [0, 0.1) is 24.4 Å². The fourth-order valence-corrected chi connectivity index (χ4v) is 5.22. The Morgan fingerprint density at radius 3 is 2.33 bits per heavy atom. The van der Waals surface area contributed by atoms with Crippen LogP contribution in [0.1, 0.15) is 33.2 Å². The van der Waals surface area contributed by atoms with Gasteiger partial charge in [0.25, 0.3) is 5.91 Å². The minimum atomic E-state index is -4.81. The smallest absolute Gasteiger partial charge is 0.433 e. The number of aromatic nitrogens is 3. The molecule has 1 N–H and O–H groups in total. The van der Waals surface area contributed by atoms with Gasteiger partial charge in [0.05, 0.1) is 31.6 Å². The molecule has 2 aromatic heterocycles. The number of ether oxygens (including phenoxy) is 1. The quantitative estimate of drug-likeness (QED) is 0.259. The van der Waals surface area contributed by atoms with E-state index in [1.54, 1.807) is 29.2 Å². The molecule has 5 rings (SSSR count). The van der Waals surface area contributed by atoms with E-state index in [1.165, 1.54) is 18.9 Å². The van der Waals surface area contributed by atoms with Crippen LogP contribution >= 0.6 is 0 Å². The third kappa shape index (κ3) is 5.27. The number of alkyl halides is 3. The van der Waals surface area contributed by atoms with Gasteiger partial charge in [-0.2, -0.15) is 18.3 Å². The first-order valence-electron chi connectivity index (χ1n) is 12.8.